The summed E-state index contributed by atoms with van der Waals surface area (Å²) in [6.45, 7) is 6.23. The van der Waals surface area contributed by atoms with Gasteiger partial charge >= 0.3 is 0 Å². The van der Waals surface area contributed by atoms with Crippen LogP contribution in [0.5, 0.6) is 0 Å². The van der Waals surface area contributed by atoms with Crippen molar-refractivity contribution in [1.82, 2.24) is 0 Å². The molecular formula is C7H13N2Rh-. The van der Waals surface area contributed by atoms with Gasteiger partial charge in [-0.25, -0.2) is 0 Å². The van der Waals surface area contributed by atoms with Crippen LogP contribution in [0.2, 0.25) is 0 Å². The van der Waals surface area contributed by atoms with Gasteiger partial charge in [0.2, 0.25) is 0 Å². The molecule has 0 bridgehead atoms. The molecule has 0 atom stereocenters. The molecule has 0 aromatic rings. The molecule has 0 N–H and O–H groups in total. The Bertz CT molecular complexity index is 121. The van der Waals surface area contributed by atoms with E-state index in [1.165, 1.54) is 0 Å². The van der Waals surface area contributed by atoms with E-state index in [0.29, 0.717) is 5.92 Å². The molecule has 0 aliphatic carbocycles. The van der Waals surface area contributed by atoms with E-state index in [1.54, 1.807) is 0 Å². The summed E-state index contributed by atoms with van der Waals surface area (Å²) >= 11 is 0. The van der Waals surface area contributed by atoms with Gasteiger partial charge in [-0.1, -0.05) is 39.2 Å². The predicted octanol–water partition coefficient (Wildman–Crippen LogP) is 1.82. The first-order chi connectivity index (χ1) is 4.30. The molecular weight excluding hydrogens is 215 g/mol. The molecule has 0 unspecified atom stereocenters. The van der Waals surface area contributed by atoms with Crippen LogP contribution in [0.1, 0.15) is 20.3 Å². The largest absolute Gasteiger partial charge is 0.469 e. The third kappa shape index (κ3) is 2.78. The van der Waals surface area contributed by atoms with Crippen molar-refractivity contribution in [2.45, 2.75) is 20.3 Å². The van der Waals surface area contributed by atoms with Crippen LogP contribution in [0.25, 0.3) is 5.32 Å². The first kappa shape index (κ1) is 10.1. The van der Waals surface area contributed by atoms with Crippen molar-refractivity contribution >= 4 is 5.84 Å². The third-order valence-electron chi connectivity index (χ3n) is 1.38. The molecule has 0 spiro atoms. The summed E-state index contributed by atoms with van der Waals surface area (Å²) in [6.07, 6.45) is 1.14. The van der Waals surface area contributed by atoms with Gasteiger partial charge in [-0.15, -0.1) is 0 Å². The van der Waals surface area contributed by atoms with E-state index >= 15 is 0 Å². The van der Waals surface area contributed by atoms with E-state index in [4.69, 9.17) is 0 Å². The standard InChI is InChI=1S/C7H13N2.Rh/c1-6(2)7-8-4-3-5-9-7;/h6H,3-5H2,1-2H3;/q-1;. The Labute approximate surface area is 75.3 Å². The molecule has 0 fully saturated rings. The fourth-order valence-corrected chi connectivity index (χ4v) is 0.873. The monoisotopic (exact) mass is 228 g/mol. The zero-order valence-corrected chi connectivity index (χ0v) is 8.07. The van der Waals surface area contributed by atoms with Crippen LogP contribution in [0.4, 0.5) is 0 Å². The van der Waals surface area contributed by atoms with Gasteiger partial charge in [0.1, 0.15) is 0 Å². The fraction of sp³-hybridized carbons (Fsp3) is 0.857. The van der Waals surface area contributed by atoms with E-state index < -0.39 is 0 Å². The van der Waals surface area contributed by atoms with Gasteiger partial charge in [-0.05, 0) is 5.92 Å². The quantitative estimate of drug-likeness (QED) is 0.612. The minimum Gasteiger partial charge on any atom is -0.469 e. The van der Waals surface area contributed by atoms with Gasteiger partial charge in [0, 0.05) is 19.5 Å². The Kier molecular flexibility index (Phi) is 4.89. The number of hydrogen-bond acceptors (Lipinski definition) is 1. The fourth-order valence-electron chi connectivity index (χ4n) is 0.873. The van der Waals surface area contributed by atoms with Crippen molar-refractivity contribution < 1.29 is 19.5 Å². The number of amidine groups is 1. The Morgan fingerprint density at radius 1 is 1.50 bits per heavy atom. The SMILES string of the molecule is CC(C)C1=NCCC[N-]1.[Rh]. The Hall–Kier alpha value is 0.0934. The molecule has 3 heteroatoms. The maximum absolute atomic E-state index is 4.28. The normalized spacial score (nSPS) is 17.3. The van der Waals surface area contributed by atoms with E-state index in [1.807, 2.05) is 0 Å². The Morgan fingerprint density at radius 2 is 2.20 bits per heavy atom. The van der Waals surface area contributed by atoms with Crippen LogP contribution in [0.3, 0.4) is 0 Å². The maximum atomic E-state index is 4.28. The van der Waals surface area contributed by atoms with Crippen LogP contribution in [-0.4, -0.2) is 18.9 Å². The second kappa shape index (κ2) is 4.84. The van der Waals surface area contributed by atoms with E-state index in [9.17, 15) is 0 Å². The summed E-state index contributed by atoms with van der Waals surface area (Å²) < 4.78 is 0. The molecule has 0 saturated heterocycles. The zero-order chi connectivity index (χ0) is 6.69. The molecule has 10 heavy (non-hydrogen) atoms. The number of rotatable bonds is 1. The molecule has 1 heterocycles. The van der Waals surface area contributed by atoms with E-state index in [2.05, 4.69) is 24.2 Å². The number of aliphatic imine (C=N–C) groups is 1. The second-order valence-corrected chi connectivity index (χ2v) is 2.63. The summed E-state index contributed by atoms with van der Waals surface area (Å²) in [7, 11) is 0. The molecule has 1 rings (SSSR count). The Balaban J connectivity index is 0.000000810. The van der Waals surface area contributed by atoms with Crippen LogP contribution in [0, 0.1) is 5.92 Å². The minimum atomic E-state index is 0. The van der Waals surface area contributed by atoms with Gasteiger partial charge in [0.15, 0.2) is 0 Å². The third-order valence-corrected chi connectivity index (χ3v) is 1.38. The summed E-state index contributed by atoms with van der Waals surface area (Å²) in [5.74, 6) is 1.58. The smallest absolute Gasteiger partial charge is 0 e. The molecule has 61 valence electrons. The van der Waals surface area contributed by atoms with Gasteiger partial charge in [0.05, 0.1) is 0 Å². The number of nitrogens with zero attached hydrogens (tertiary/aromatic N) is 2. The molecule has 1 aliphatic heterocycles. The molecule has 0 aromatic heterocycles. The molecule has 1 radical (unpaired) electrons. The van der Waals surface area contributed by atoms with Gasteiger partial charge in [-0.2, -0.15) is 0 Å². The van der Waals surface area contributed by atoms with Crippen LogP contribution < -0.4 is 0 Å². The van der Waals surface area contributed by atoms with Crippen molar-refractivity contribution in [3.63, 3.8) is 0 Å². The predicted molar refractivity (Wildman–Crippen MR) is 40.0 cm³/mol. The van der Waals surface area contributed by atoms with Crippen molar-refractivity contribution in [2.75, 3.05) is 13.1 Å². The van der Waals surface area contributed by atoms with E-state index in [0.717, 1.165) is 25.3 Å². The van der Waals surface area contributed by atoms with Crippen LogP contribution in [-0.2, 0) is 19.5 Å². The number of hydrogen-bond donors (Lipinski definition) is 0. The summed E-state index contributed by atoms with van der Waals surface area (Å²) in [4.78, 5) is 4.28. The van der Waals surface area contributed by atoms with Gasteiger partial charge < -0.3 is 10.3 Å². The molecule has 0 amide bonds. The maximum Gasteiger partial charge on any atom is 0 e. The average molecular weight is 228 g/mol. The second-order valence-electron chi connectivity index (χ2n) is 2.63. The van der Waals surface area contributed by atoms with Crippen LogP contribution >= 0.6 is 0 Å². The molecule has 0 aromatic carbocycles. The summed E-state index contributed by atoms with van der Waals surface area (Å²) in [5, 5.41) is 4.28. The van der Waals surface area contributed by atoms with Crippen LogP contribution in [0.15, 0.2) is 4.99 Å². The minimum absolute atomic E-state index is 0. The Morgan fingerprint density at radius 3 is 2.50 bits per heavy atom. The summed E-state index contributed by atoms with van der Waals surface area (Å²) in [5.41, 5.74) is 0. The first-order valence-electron chi connectivity index (χ1n) is 3.52. The molecule has 1 aliphatic rings. The molecule has 2 nitrogen and oxygen atoms in total. The van der Waals surface area contributed by atoms with Crippen molar-refractivity contribution in [1.29, 1.82) is 0 Å². The average Bonchev–Trinajstić information content (AvgIpc) is 1.90. The van der Waals surface area contributed by atoms with Crippen molar-refractivity contribution in [3.8, 4) is 0 Å². The van der Waals surface area contributed by atoms with Crippen molar-refractivity contribution in [2.24, 2.45) is 10.9 Å². The first-order valence-corrected chi connectivity index (χ1v) is 3.52. The zero-order valence-electron chi connectivity index (χ0n) is 6.43. The molecule has 0 saturated carbocycles. The van der Waals surface area contributed by atoms with Gasteiger partial charge in [-0.3, -0.25) is 0 Å². The van der Waals surface area contributed by atoms with Crippen molar-refractivity contribution in [3.05, 3.63) is 5.32 Å². The van der Waals surface area contributed by atoms with Gasteiger partial charge in [0.25, 0.3) is 0 Å². The topological polar surface area (TPSA) is 26.5 Å². The summed E-state index contributed by atoms with van der Waals surface area (Å²) in [6, 6.07) is 0. The van der Waals surface area contributed by atoms with E-state index in [-0.39, 0.29) is 19.5 Å².